The molecule has 0 bridgehead atoms. The van der Waals surface area contributed by atoms with Gasteiger partial charge in [0.25, 0.3) is 5.56 Å². The Bertz CT molecular complexity index is 950. The molecule has 1 unspecified atom stereocenters. The second kappa shape index (κ2) is 16.4. The van der Waals surface area contributed by atoms with Gasteiger partial charge in [0, 0.05) is 33.9 Å². The first-order chi connectivity index (χ1) is 17.1. The average Bonchev–Trinajstić information content (AvgIpc) is 3.56. The van der Waals surface area contributed by atoms with Crippen LogP contribution in [0.2, 0.25) is 0 Å². The van der Waals surface area contributed by atoms with Crippen LogP contribution in [0.15, 0.2) is 22.0 Å². The number of hydrogen-bond donors (Lipinski definition) is 2. The molecule has 0 amide bonds. The van der Waals surface area contributed by atoms with Crippen LogP contribution < -0.4 is 11.2 Å². The molecule has 35 heavy (non-hydrogen) atoms. The molecule has 2 aliphatic rings. The predicted molar refractivity (Wildman–Crippen MR) is 134 cm³/mol. The molecule has 4 rings (SSSR count). The molecule has 2 fully saturated rings. The van der Waals surface area contributed by atoms with Crippen molar-refractivity contribution < 1.29 is 19.3 Å². The van der Waals surface area contributed by atoms with Crippen LogP contribution in [0.3, 0.4) is 0 Å². The number of methoxy groups -OCH3 is 2. The summed E-state index contributed by atoms with van der Waals surface area (Å²) in [6.07, 6.45) is 8.44. The van der Waals surface area contributed by atoms with Gasteiger partial charge >= 0.3 is 5.69 Å². The third kappa shape index (κ3) is 7.83. The molecule has 1 aliphatic heterocycles. The Balaban J connectivity index is 0.000000949. The molecular weight excluding hydrogens is 454 g/mol. The summed E-state index contributed by atoms with van der Waals surface area (Å²) in [5.74, 6) is 0. The number of hydrogen-bond acceptors (Lipinski definition) is 8. The van der Waals surface area contributed by atoms with Gasteiger partial charge in [-0.2, -0.15) is 0 Å². The Hall–Kier alpha value is -2.34. The van der Waals surface area contributed by atoms with E-state index in [1.807, 2.05) is 32.4 Å². The van der Waals surface area contributed by atoms with Gasteiger partial charge in [-0.05, 0) is 12.8 Å². The molecule has 2 N–H and O–H groups in total. The zero-order chi connectivity index (χ0) is 26.4. The summed E-state index contributed by atoms with van der Waals surface area (Å²) in [4.78, 5) is 27.3. The van der Waals surface area contributed by atoms with Crippen LogP contribution in [0, 0.1) is 0 Å². The SMILES string of the molecule is CC.CC.CO.COCC1O[C@@H](n2cc(-c3cn(C4CCCCC4)nn3)c(=O)[nH]c2=O)C[C@H]1OC. The molecule has 0 radical (unpaired) electrons. The van der Waals surface area contributed by atoms with Crippen molar-refractivity contribution in [3.8, 4) is 11.3 Å². The van der Waals surface area contributed by atoms with Gasteiger partial charge in [-0.3, -0.25) is 14.3 Å². The summed E-state index contributed by atoms with van der Waals surface area (Å²) >= 11 is 0. The van der Waals surface area contributed by atoms with Gasteiger partial charge in [0.1, 0.15) is 18.0 Å². The van der Waals surface area contributed by atoms with Crippen LogP contribution in [0.4, 0.5) is 0 Å². The van der Waals surface area contributed by atoms with Crippen molar-refractivity contribution in [2.24, 2.45) is 0 Å². The second-order valence-electron chi connectivity index (χ2n) is 7.68. The van der Waals surface area contributed by atoms with Crippen molar-refractivity contribution >= 4 is 0 Å². The van der Waals surface area contributed by atoms with Crippen LogP contribution in [0.5, 0.6) is 0 Å². The zero-order valence-corrected chi connectivity index (χ0v) is 22.2. The minimum atomic E-state index is -0.559. The Morgan fingerprint density at radius 3 is 2.34 bits per heavy atom. The first-order valence-corrected chi connectivity index (χ1v) is 12.5. The number of aromatic amines is 1. The number of nitrogens with zero attached hydrogens (tertiary/aromatic N) is 4. The Kier molecular flexibility index (Phi) is 14.3. The summed E-state index contributed by atoms with van der Waals surface area (Å²) in [5, 5.41) is 15.4. The fourth-order valence-electron chi connectivity index (χ4n) is 4.24. The van der Waals surface area contributed by atoms with Crippen molar-refractivity contribution in [1.82, 2.24) is 24.5 Å². The molecule has 11 heteroatoms. The number of H-pyrrole nitrogens is 1. The molecule has 1 saturated carbocycles. The van der Waals surface area contributed by atoms with E-state index in [1.54, 1.807) is 20.4 Å². The molecular formula is C24H43N5O6. The number of aliphatic hydroxyl groups is 1. The fourth-order valence-corrected chi connectivity index (χ4v) is 4.24. The van der Waals surface area contributed by atoms with E-state index >= 15 is 0 Å². The lowest BCUT2D eigenvalue weighted by molar-refractivity contribution is -0.0617. The van der Waals surface area contributed by atoms with E-state index in [-0.39, 0.29) is 12.2 Å². The summed E-state index contributed by atoms with van der Waals surface area (Å²) in [5.41, 5.74) is -0.285. The van der Waals surface area contributed by atoms with E-state index in [2.05, 4.69) is 15.3 Å². The molecule has 1 saturated heterocycles. The normalized spacial score (nSPS) is 21.7. The lowest BCUT2D eigenvalue weighted by Crippen LogP contribution is -2.33. The Morgan fingerprint density at radius 1 is 1.09 bits per heavy atom. The highest BCUT2D eigenvalue weighted by molar-refractivity contribution is 5.54. The maximum absolute atomic E-state index is 12.4. The van der Waals surface area contributed by atoms with Crippen LogP contribution in [-0.2, 0) is 14.2 Å². The van der Waals surface area contributed by atoms with E-state index in [4.69, 9.17) is 19.3 Å². The quantitative estimate of drug-likeness (QED) is 0.622. The molecule has 0 spiro atoms. The predicted octanol–water partition coefficient (Wildman–Crippen LogP) is 2.91. The standard InChI is InChI=1S/C19H27N5O5.2C2H6.CH4O/c1-27-11-16-15(28-2)8-17(29-16)23-9-13(18(25)20-19(23)26)14-10-24(22-21-14)12-6-4-3-5-7-12;3*1-2/h9-10,12,15-17H,3-8,11H2,1-2H3,(H,20,25,26);2*1-2H3;2H,1H3/t15-,16?,17-;;;/m1.../s1. The van der Waals surface area contributed by atoms with E-state index in [1.165, 1.54) is 30.0 Å². The third-order valence-corrected chi connectivity index (χ3v) is 5.83. The topological polar surface area (TPSA) is 133 Å². The molecule has 0 aromatic carbocycles. The molecule has 1 aliphatic carbocycles. The summed E-state index contributed by atoms with van der Waals surface area (Å²) in [6, 6.07) is 0.311. The number of ether oxygens (including phenoxy) is 3. The van der Waals surface area contributed by atoms with Crippen molar-refractivity contribution in [2.45, 2.75) is 90.7 Å². The van der Waals surface area contributed by atoms with Crippen molar-refractivity contribution in [1.29, 1.82) is 0 Å². The smallest absolute Gasteiger partial charge is 0.330 e. The first kappa shape index (κ1) is 30.7. The van der Waals surface area contributed by atoms with Crippen molar-refractivity contribution in [2.75, 3.05) is 27.9 Å². The maximum atomic E-state index is 12.4. The van der Waals surface area contributed by atoms with Crippen molar-refractivity contribution in [3.05, 3.63) is 33.2 Å². The Morgan fingerprint density at radius 2 is 1.74 bits per heavy atom. The minimum absolute atomic E-state index is 0.200. The van der Waals surface area contributed by atoms with Crippen LogP contribution in [0.25, 0.3) is 11.3 Å². The zero-order valence-electron chi connectivity index (χ0n) is 22.2. The monoisotopic (exact) mass is 497 g/mol. The van der Waals surface area contributed by atoms with Gasteiger partial charge < -0.3 is 19.3 Å². The highest BCUT2D eigenvalue weighted by atomic mass is 16.6. The summed E-state index contributed by atoms with van der Waals surface area (Å²) in [6.45, 7) is 8.36. The van der Waals surface area contributed by atoms with Gasteiger partial charge in [0.2, 0.25) is 0 Å². The lowest BCUT2D eigenvalue weighted by atomic mass is 9.96. The van der Waals surface area contributed by atoms with E-state index in [0.717, 1.165) is 20.0 Å². The number of nitrogens with one attached hydrogen (secondary N) is 1. The molecule has 2 aromatic rings. The van der Waals surface area contributed by atoms with Gasteiger partial charge in [-0.15, -0.1) is 5.10 Å². The summed E-state index contributed by atoms with van der Waals surface area (Å²) in [7, 11) is 4.19. The largest absolute Gasteiger partial charge is 0.400 e. The van der Waals surface area contributed by atoms with Crippen LogP contribution in [-0.4, -0.2) is 69.8 Å². The molecule has 3 heterocycles. The van der Waals surface area contributed by atoms with E-state index in [0.29, 0.717) is 30.3 Å². The van der Waals surface area contributed by atoms with E-state index in [9.17, 15) is 9.59 Å². The first-order valence-electron chi connectivity index (χ1n) is 12.5. The highest BCUT2D eigenvalue weighted by Gasteiger charge is 2.37. The van der Waals surface area contributed by atoms with Crippen LogP contribution >= 0.6 is 0 Å². The molecule has 11 nitrogen and oxygen atoms in total. The number of rotatable bonds is 6. The summed E-state index contributed by atoms with van der Waals surface area (Å²) < 4.78 is 19.8. The van der Waals surface area contributed by atoms with Gasteiger partial charge in [0.15, 0.2) is 0 Å². The Labute approximate surface area is 207 Å². The second-order valence-corrected chi connectivity index (χ2v) is 7.68. The highest BCUT2D eigenvalue weighted by Crippen LogP contribution is 2.31. The van der Waals surface area contributed by atoms with Gasteiger partial charge in [0.05, 0.1) is 30.5 Å². The van der Waals surface area contributed by atoms with Crippen molar-refractivity contribution in [3.63, 3.8) is 0 Å². The molecule has 200 valence electrons. The van der Waals surface area contributed by atoms with Gasteiger partial charge in [-0.25, -0.2) is 9.48 Å². The fraction of sp³-hybridized carbons (Fsp3) is 0.750. The molecule has 3 atom stereocenters. The number of aliphatic hydroxyl groups excluding tert-OH is 1. The minimum Gasteiger partial charge on any atom is -0.400 e. The third-order valence-electron chi connectivity index (χ3n) is 5.83. The van der Waals surface area contributed by atoms with Crippen LogP contribution in [0.1, 0.15) is 78.5 Å². The molecule has 2 aromatic heterocycles. The average molecular weight is 498 g/mol. The lowest BCUT2D eigenvalue weighted by Gasteiger charge is -2.20. The van der Waals surface area contributed by atoms with E-state index < -0.39 is 17.5 Å². The number of aromatic nitrogens is 5. The van der Waals surface area contributed by atoms with Gasteiger partial charge in [-0.1, -0.05) is 52.2 Å². The maximum Gasteiger partial charge on any atom is 0.330 e.